The predicted octanol–water partition coefficient (Wildman–Crippen LogP) is 11.9. The van der Waals surface area contributed by atoms with Gasteiger partial charge < -0.3 is 28.6 Å². The highest BCUT2D eigenvalue weighted by Gasteiger charge is 2.25. The fraction of sp³-hybridized carbons (Fsp3) is 0.857. The first-order chi connectivity index (χ1) is 27.6. The number of nitrogens with zero attached hydrogens (tertiary/aromatic N) is 1. The van der Waals surface area contributed by atoms with Gasteiger partial charge in [-0.05, 0) is 64.2 Å². The molecule has 0 rings (SSSR count). The molecule has 57 heavy (non-hydrogen) atoms. The molecule has 0 N–H and O–H groups in total. The van der Waals surface area contributed by atoms with Crippen molar-refractivity contribution in [2.75, 3.05) is 41.0 Å². The van der Waals surface area contributed by atoms with Crippen molar-refractivity contribution in [2.24, 2.45) is 0 Å². The lowest BCUT2D eigenvalue weighted by molar-refractivity contribution is -0.889. The molecule has 0 aliphatic heterocycles. The number of quaternary nitrogens is 1. The van der Waals surface area contributed by atoms with Crippen LogP contribution in [0.3, 0.4) is 0 Å². The maximum Gasteiger partial charge on any atom is 0.306 e. The predicted molar refractivity (Wildman–Crippen MR) is 236 cm³/mol. The number of esters is 2. The fourth-order valence-corrected chi connectivity index (χ4v) is 7.06. The smallest absolute Gasteiger partial charge is 0.306 e. The van der Waals surface area contributed by atoms with E-state index in [1.807, 2.05) is 0 Å². The van der Waals surface area contributed by atoms with Crippen LogP contribution in [0.15, 0.2) is 24.3 Å². The number of carbonyl (C=O) groups is 3. The molecule has 2 unspecified atom stereocenters. The highest BCUT2D eigenvalue weighted by Crippen LogP contribution is 2.14. The summed E-state index contributed by atoms with van der Waals surface area (Å²) in [6.45, 7) is 4.65. The molecular formula is C49H91NO7. The second-order valence-electron chi connectivity index (χ2n) is 17.3. The first kappa shape index (κ1) is 54.8. The van der Waals surface area contributed by atoms with Crippen LogP contribution in [-0.2, 0) is 28.6 Å². The molecule has 0 saturated carbocycles. The lowest BCUT2D eigenvalue weighted by Gasteiger charge is -2.34. The Labute approximate surface area is 351 Å². The summed E-state index contributed by atoms with van der Waals surface area (Å²) in [7, 11) is 5.41. The number of carboxylic acids is 1. The van der Waals surface area contributed by atoms with Crippen LogP contribution < -0.4 is 5.11 Å². The van der Waals surface area contributed by atoms with Crippen LogP contribution in [0.4, 0.5) is 0 Å². The van der Waals surface area contributed by atoms with E-state index in [1.54, 1.807) is 21.1 Å². The van der Waals surface area contributed by atoms with Crippen LogP contribution in [0, 0.1) is 0 Å². The van der Waals surface area contributed by atoms with E-state index in [0.29, 0.717) is 12.8 Å². The molecule has 334 valence electrons. The van der Waals surface area contributed by atoms with E-state index in [2.05, 4.69) is 38.2 Å². The van der Waals surface area contributed by atoms with Crippen LogP contribution in [0.25, 0.3) is 0 Å². The van der Waals surface area contributed by atoms with E-state index in [4.69, 9.17) is 14.2 Å². The van der Waals surface area contributed by atoms with Gasteiger partial charge in [-0.1, -0.05) is 160 Å². The van der Waals surface area contributed by atoms with Gasteiger partial charge >= 0.3 is 11.9 Å². The molecule has 0 heterocycles. The maximum absolute atomic E-state index is 12.7. The Morgan fingerprint density at radius 1 is 0.509 bits per heavy atom. The van der Waals surface area contributed by atoms with Crippen LogP contribution >= 0.6 is 0 Å². The number of carboxylic acid groups (broad SMARTS) is 1. The second-order valence-corrected chi connectivity index (χ2v) is 17.3. The van der Waals surface area contributed by atoms with Crippen molar-refractivity contribution in [3.63, 3.8) is 0 Å². The maximum atomic E-state index is 12.7. The first-order valence-corrected chi connectivity index (χ1v) is 23.9. The molecule has 0 saturated heterocycles. The summed E-state index contributed by atoms with van der Waals surface area (Å²) in [5, 5.41) is 11.6. The van der Waals surface area contributed by atoms with Gasteiger partial charge in [-0.15, -0.1) is 0 Å². The molecule has 0 aromatic rings. The lowest BCUT2D eigenvalue weighted by atomic mass is 10.1. The van der Waals surface area contributed by atoms with Crippen molar-refractivity contribution in [2.45, 2.75) is 231 Å². The zero-order valence-corrected chi connectivity index (χ0v) is 38.0. The number of aliphatic carboxylic acids is 1. The number of unbranched alkanes of at least 4 members (excludes halogenated alkanes) is 25. The van der Waals surface area contributed by atoms with E-state index < -0.39 is 18.1 Å². The molecule has 0 fully saturated rings. The van der Waals surface area contributed by atoms with Crippen molar-refractivity contribution < 1.29 is 38.2 Å². The number of likely N-dealkylation sites (N-methyl/N-ethyl adjacent to an activating group) is 1. The Balaban J connectivity index is 4.28. The third-order valence-electron chi connectivity index (χ3n) is 10.8. The van der Waals surface area contributed by atoms with Gasteiger partial charge in [0, 0.05) is 19.3 Å². The van der Waals surface area contributed by atoms with Gasteiger partial charge in [-0.25, -0.2) is 0 Å². The topological polar surface area (TPSA) is 102 Å². The highest BCUT2D eigenvalue weighted by atomic mass is 16.6. The SMILES string of the molecule is CCCCCCCC/C=C/CCCCCC(=O)OCC(COCCC(C(=O)[O-])[N+](C)(C)C)OC(=O)CCCCCCCCC/C=C/CCCCCCCCCCC. The lowest BCUT2D eigenvalue weighted by Crippen LogP contribution is -2.55. The van der Waals surface area contributed by atoms with Gasteiger partial charge in [0.15, 0.2) is 6.10 Å². The van der Waals surface area contributed by atoms with Gasteiger partial charge in [-0.3, -0.25) is 9.59 Å². The van der Waals surface area contributed by atoms with Crippen LogP contribution in [0.5, 0.6) is 0 Å². The Hall–Kier alpha value is -2.19. The van der Waals surface area contributed by atoms with Crippen LogP contribution in [0.2, 0.25) is 0 Å². The Bertz CT molecular complexity index is 989. The molecule has 8 nitrogen and oxygen atoms in total. The molecule has 0 bridgehead atoms. The van der Waals surface area contributed by atoms with Crippen molar-refractivity contribution in [3.05, 3.63) is 24.3 Å². The number of rotatable bonds is 43. The average Bonchev–Trinajstić information content (AvgIpc) is 3.17. The minimum atomic E-state index is -1.13. The third-order valence-corrected chi connectivity index (χ3v) is 10.8. The molecule has 0 amide bonds. The van der Waals surface area contributed by atoms with Gasteiger partial charge in [0.2, 0.25) is 0 Å². The number of allylic oxidation sites excluding steroid dienone is 4. The molecule has 0 aromatic heterocycles. The number of hydrogen-bond acceptors (Lipinski definition) is 7. The minimum Gasteiger partial charge on any atom is -0.544 e. The summed E-state index contributed by atoms with van der Waals surface area (Å²) in [6, 6.07) is -0.726. The van der Waals surface area contributed by atoms with E-state index in [9.17, 15) is 19.5 Å². The van der Waals surface area contributed by atoms with Gasteiger partial charge in [-0.2, -0.15) is 0 Å². The molecule has 0 spiro atoms. The average molecular weight is 806 g/mol. The van der Waals surface area contributed by atoms with E-state index in [1.165, 1.54) is 135 Å². The highest BCUT2D eigenvalue weighted by molar-refractivity contribution is 5.70. The van der Waals surface area contributed by atoms with Crippen molar-refractivity contribution in [1.82, 2.24) is 0 Å². The van der Waals surface area contributed by atoms with Crippen LogP contribution in [0.1, 0.15) is 219 Å². The largest absolute Gasteiger partial charge is 0.544 e. The molecule has 2 atom stereocenters. The second kappa shape index (κ2) is 40.6. The van der Waals surface area contributed by atoms with E-state index in [0.717, 1.165) is 51.4 Å². The summed E-state index contributed by atoms with van der Waals surface area (Å²) in [4.78, 5) is 36.9. The zero-order chi connectivity index (χ0) is 42.1. The molecule has 0 aliphatic rings. The summed E-state index contributed by atoms with van der Waals surface area (Å²) < 4.78 is 17.2. The molecular weight excluding hydrogens is 715 g/mol. The molecule has 0 radical (unpaired) electrons. The normalized spacial score (nSPS) is 13.1. The van der Waals surface area contributed by atoms with E-state index >= 15 is 0 Å². The number of carbonyl (C=O) groups excluding carboxylic acids is 3. The summed E-state index contributed by atoms with van der Waals surface area (Å²) in [5.41, 5.74) is 0. The fourth-order valence-electron chi connectivity index (χ4n) is 7.06. The minimum absolute atomic E-state index is 0.0372. The van der Waals surface area contributed by atoms with Gasteiger partial charge in [0.1, 0.15) is 12.6 Å². The monoisotopic (exact) mass is 806 g/mol. The zero-order valence-electron chi connectivity index (χ0n) is 38.0. The standard InChI is InChI=1S/C49H91NO7/c1-6-8-10-12-14-16-18-20-21-22-23-24-25-26-28-30-32-34-36-38-40-48(52)57-45(43-55-42-41-46(49(53)54)50(3,4)5)44-56-47(51)39-37-35-33-31-29-27-19-17-15-13-11-9-7-2/h23-24,27,29,45-46H,6-22,25-26,28,30-44H2,1-5H3/b24-23+,29-27+. The van der Waals surface area contributed by atoms with Crippen molar-refractivity contribution >= 4 is 17.9 Å². The number of ether oxygens (including phenoxy) is 3. The molecule has 8 heteroatoms. The number of hydrogen-bond donors (Lipinski definition) is 0. The van der Waals surface area contributed by atoms with Gasteiger partial charge in [0.25, 0.3) is 0 Å². The Kier molecular flexibility index (Phi) is 39.0. The summed E-state index contributed by atoms with van der Waals surface area (Å²) in [5.74, 6) is -1.75. The summed E-state index contributed by atoms with van der Waals surface area (Å²) in [6.07, 6.45) is 44.9. The van der Waals surface area contributed by atoms with Crippen molar-refractivity contribution in [1.29, 1.82) is 0 Å². The molecule has 0 aromatic carbocycles. The van der Waals surface area contributed by atoms with E-state index in [-0.39, 0.29) is 42.7 Å². The molecule has 0 aliphatic carbocycles. The summed E-state index contributed by atoms with van der Waals surface area (Å²) >= 11 is 0. The van der Waals surface area contributed by atoms with Crippen LogP contribution in [-0.4, -0.2) is 75.5 Å². The van der Waals surface area contributed by atoms with Crippen molar-refractivity contribution in [3.8, 4) is 0 Å². The third kappa shape index (κ3) is 39.1. The van der Waals surface area contributed by atoms with Gasteiger partial charge in [0.05, 0.1) is 40.3 Å². The Morgan fingerprint density at radius 3 is 1.28 bits per heavy atom. The Morgan fingerprint density at radius 2 is 0.877 bits per heavy atom. The first-order valence-electron chi connectivity index (χ1n) is 23.9. The quantitative estimate of drug-likeness (QED) is 0.0262.